The van der Waals surface area contributed by atoms with Crippen LogP contribution < -0.4 is 5.48 Å². The first-order chi connectivity index (χ1) is 7.99. The Kier molecular flexibility index (Phi) is 5.94. The standard InChI is InChI=1S/C11H14Br2N2O2/c1-15(2)6-5-11(16)17-14-8-3-4-9(12)10(13)7-8/h3-4,7,14H,5-6H2,1-2H3. The fourth-order valence-electron chi connectivity index (χ4n) is 1.04. The van der Waals surface area contributed by atoms with E-state index in [1.54, 1.807) is 0 Å². The smallest absolute Gasteiger partial charge is 0.333 e. The second kappa shape index (κ2) is 6.98. The van der Waals surface area contributed by atoms with Gasteiger partial charge in [0.25, 0.3) is 0 Å². The second-order valence-corrected chi connectivity index (χ2v) is 5.47. The summed E-state index contributed by atoms with van der Waals surface area (Å²) in [5.41, 5.74) is 3.34. The summed E-state index contributed by atoms with van der Waals surface area (Å²) in [6.07, 6.45) is 0.359. The van der Waals surface area contributed by atoms with Gasteiger partial charge in [0.1, 0.15) is 0 Å². The molecular formula is C11H14Br2N2O2. The third-order valence-corrected chi connectivity index (χ3v) is 3.85. The van der Waals surface area contributed by atoms with E-state index in [0.29, 0.717) is 13.0 Å². The van der Waals surface area contributed by atoms with Gasteiger partial charge in [0.05, 0.1) is 12.1 Å². The summed E-state index contributed by atoms with van der Waals surface area (Å²) in [6.45, 7) is 0.671. The van der Waals surface area contributed by atoms with Crippen molar-refractivity contribution in [3.05, 3.63) is 27.1 Å². The highest BCUT2D eigenvalue weighted by Crippen LogP contribution is 2.25. The molecule has 4 nitrogen and oxygen atoms in total. The van der Waals surface area contributed by atoms with Gasteiger partial charge in [-0.05, 0) is 64.2 Å². The maximum Gasteiger partial charge on any atom is 0.333 e. The SMILES string of the molecule is CN(C)CCC(=O)ONc1ccc(Br)c(Br)c1. The van der Waals surface area contributed by atoms with Gasteiger partial charge in [-0.15, -0.1) is 0 Å². The third kappa shape index (κ3) is 5.52. The minimum absolute atomic E-state index is 0.280. The Morgan fingerprint density at radius 1 is 1.35 bits per heavy atom. The maximum atomic E-state index is 11.3. The van der Waals surface area contributed by atoms with Gasteiger partial charge >= 0.3 is 5.97 Å². The molecule has 1 aromatic carbocycles. The number of anilines is 1. The summed E-state index contributed by atoms with van der Waals surface area (Å²) < 4.78 is 1.84. The predicted molar refractivity (Wildman–Crippen MR) is 74.7 cm³/mol. The van der Waals surface area contributed by atoms with Gasteiger partial charge in [-0.1, -0.05) is 0 Å². The second-order valence-electron chi connectivity index (χ2n) is 3.76. The number of rotatable bonds is 5. The van der Waals surface area contributed by atoms with E-state index in [0.717, 1.165) is 14.6 Å². The number of benzene rings is 1. The quantitative estimate of drug-likeness (QED) is 0.814. The van der Waals surface area contributed by atoms with Gasteiger partial charge in [0, 0.05) is 15.5 Å². The molecule has 0 radical (unpaired) electrons. The van der Waals surface area contributed by atoms with Gasteiger partial charge in [-0.25, -0.2) is 10.3 Å². The molecule has 17 heavy (non-hydrogen) atoms. The van der Waals surface area contributed by atoms with Gasteiger partial charge in [0.15, 0.2) is 0 Å². The minimum Gasteiger partial charge on any atom is -0.343 e. The van der Waals surface area contributed by atoms with Crippen molar-refractivity contribution >= 4 is 43.5 Å². The largest absolute Gasteiger partial charge is 0.343 e. The molecule has 0 bridgehead atoms. The monoisotopic (exact) mass is 364 g/mol. The number of nitrogens with one attached hydrogen (secondary N) is 1. The molecule has 0 aliphatic carbocycles. The van der Waals surface area contributed by atoms with Crippen molar-refractivity contribution in [2.24, 2.45) is 0 Å². The number of carbonyl (C=O) groups excluding carboxylic acids is 1. The molecule has 0 amide bonds. The number of carbonyl (C=O) groups is 1. The van der Waals surface area contributed by atoms with Crippen molar-refractivity contribution in [2.45, 2.75) is 6.42 Å². The van der Waals surface area contributed by atoms with Crippen LogP contribution >= 0.6 is 31.9 Å². The first-order valence-electron chi connectivity index (χ1n) is 5.04. The molecule has 6 heteroatoms. The zero-order chi connectivity index (χ0) is 12.8. The van der Waals surface area contributed by atoms with E-state index in [9.17, 15) is 4.79 Å². The lowest BCUT2D eigenvalue weighted by Crippen LogP contribution is -2.19. The van der Waals surface area contributed by atoms with E-state index in [1.807, 2.05) is 37.2 Å². The maximum absolute atomic E-state index is 11.3. The fraction of sp³-hybridized carbons (Fsp3) is 0.364. The van der Waals surface area contributed by atoms with Crippen LogP contribution in [0.3, 0.4) is 0 Å². The lowest BCUT2D eigenvalue weighted by molar-refractivity contribution is -0.140. The molecule has 0 aliphatic heterocycles. The Balaban J connectivity index is 2.39. The zero-order valence-corrected chi connectivity index (χ0v) is 12.8. The third-order valence-electron chi connectivity index (χ3n) is 1.97. The van der Waals surface area contributed by atoms with Crippen molar-refractivity contribution in [1.82, 2.24) is 4.90 Å². The van der Waals surface area contributed by atoms with Crippen LogP contribution in [0.4, 0.5) is 5.69 Å². The average molecular weight is 366 g/mol. The molecule has 1 aromatic rings. The highest BCUT2D eigenvalue weighted by Gasteiger charge is 2.05. The molecule has 1 N–H and O–H groups in total. The molecule has 0 spiro atoms. The van der Waals surface area contributed by atoms with Crippen molar-refractivity contribution in [3.63, 3.8) is 0 Å². The van der Waals surface area contributed by atoms with Crippen LogP contribution in [-0.4, -0.2) is 31.5 Å². The Morgan fingerprint density at radius 3 is 2.65 bits per heavy atom. The zero-order valence-electron chi connectivity index (χ0n) is 9.67. The average Bonchev–Trinajstić information content (AvgIpc) is 2.28. The fourth-order valence-corrected chi connectivity index (χ4v) is 1.67. The molecule has 0 unspecified atom stereocenters. The first kappa shape index (κ1) is 14.5. The van der Waals surface area contributed by atoms with Gasteiger partial charge < -0.3 is 9.74 Å². The van der Waals surface area contributed by atoms with Crippen LogP contribution in [0.25, 0.3) is 0 Å². The molecule has 0 saturated carbocycles. The molecule has 0 atom stereocenters. The van der Waals surface area contributed by atoms with Crippen LogP contribution in [0.2, 0.25) is 0 Å². The molecule has 94 valence electrons. The lowest BCUT2D eigenvalue weighted by Gasteiger charge is -2.10. The molecule has 0 aromatic heterocycles. The number of nitrogens with zero attached hydrogens (tertiary/aromatic N) is 1. The topological polar surface area (TPSA) is 41.6 Å². The summed E-state index contributed by atoms with van der Waals surface area (Å²) in [6, 6.07) is 5.50. The lowest BCUT2D eigenvalue weighted by atomic mass is 10.3. The Labute approximate surface area is 118 Å². The number of hydrogen-bond acceptors (Lipinski definition) is 4. The molecule has 0 aliphatic rings. The van der Waals surface area contributed by atoms with E-state index in [2.05, 4.69) is 37.3 Å². The van der Waals surface area contributed by atoms with E-state index < -0.39 is 0 Å². The summed E-state index contributed by atoms with van der Waals surface area (Å²) >= 11 is 6.73. The van der Waals surface area contributed by atoms with E-state index in [1.165, 1.54) is 0 Å². The normalized spacial score (nSPS) is 10.4. The molecule has 0 heterocycles. The summed E-state index contributed by atoms with van der Waals surface area (Å²) in [5.74, 6) is -0.280. The highest BCUT2D eigenvalue weighted by molar-refractivity contribution is 9.13. The minimum atomic E-state index is -0.280. The van der Waals surface area contributed by atoms with Crippen molar-refractivity contribution < 1.29 is 9.63 Å². The van der Waals surface area contributed by atoms with E-state index in [4.69, 9.17) is 4.84 Å². The van der Waals surface area contributed by atoms with Gasteiger partial charge in [-0.3, -0.25) is 0 Å². The van der Waals surface area contributed by atoms with Crippen LogP contribution in [0.1, 0.15) is 6.42 Å². The van der Waals surface area contributed by atoms with Gasteiger partial charge in [0.2, 0.25) is 0 Å². The molecule has 0 fully saturated rings. The van der Waals surface area contributed by atoms with E-state index >= 15 is 0 Å². The van der Waals surface area contributed by atoms with E-state index in [-0.39, 0.29) is 5.97 Å². The van der Waals surface area contributed by atoms with Crippen molar-refractivity contribution in [1.29, 1.82) is 0 Å². The van der Waals surface area contributed by atoms with Crippen LogP contribution in [0, 0.1) is 0 Å². The Morgan fingerprint density at radius 2 is 2.06 bits per heavy atom. The van der Waals surface area contributed by atoms with Crippen LogP contribution in [-0.2, 0) is 9.63 Å². The first-order valence-corrected chi connectivity index (χ1v) is 6.63. The summed E-state index contributed by atoms with van der Waals surface area (Å²) in [5, 5.41) is 0. The Hall–Kier alpha value is -0.590. The number of halogens is 2. The summed E-state index contributed by atoms with van der Waals surface area (Å²) in [4.78, 5) is 18.2. The molecular weight excluding hydrogens is 352 g/mol. The Bertz CT molecular complexity index is 397. The van der Waals surface area contributed by atoms with Crippen molar-refractivity contribution in [3.8, 4) is 0 Å². The molecule has 1 rings (SSSR count). The van der Waals surface area contributed by atoms with Crippen molar-refractivity contribution in [2.75, 3.05) is 26.1 Å². The number of hydrogen-bond donors (Lipinski definition) is 1. The predicted octanol–water partition coefficient (Wildman–Crippen LogP) is 3.03. The van der Waals surface area contributed by atoms with Gasteiger partial charge in [-0.2, -0.15) is 0 Å². The highest BCUT2D eigenvalue weighted by atomic mass is 79.9. The van der Waals surface area contributed by atoms with Crippen LogP contribution in [0.5, 0.6) is 0 Å². The molecule has 0 saturated heterocycles. The summed E-state index contributed by atoms with van der Waals surface area (Å²) in [7, 11) is 3.82. The van der Waals surface area contributed by atoms with Crippen LogP contribution in [0.15, 0.2) is 27.1 Å².